The minimum absolute atomic E-state index is 0.101. The molecule has 1 aromatic carbocycles. The second kappa shape index (κ2) is 8.72. The van der Waals surface area contributed by atoms with Crippen molar-refractivity contribution in [3.63, 3.8) is 0 Å². The highest BCUT2D eigenvalue weighted by Crippen LogP contribution is 2.41. The minimum atomic E-state index is 0.101. The fourth-order valence-electron chi connectivity index (χ4n) is 4.05. The highest BCUT2D eigenvalue weighted by molar-refractivity contribution is 6.31. The molecule has 2 N–H and O–H groups in total. The molecule has 3 rings (SSSR count). The van der Waals surface area contributed by atoms with E-state index >= 15 is 0 Å². The highest BCUT2D eigenvalue weighted by atomic mass is 35.5. The predicted molar refractivity (Wildman–Crippen MR) is 102 cm³/mol. The number of fused-ring (bicyclic) bond motifs is 1. The summed E-state index contributed by atoms with van der Waals surface area (Å²) in [5, 5.41) is 4.86. The molecule has 25 heavy (non-hydrogen) atoms. The van der Waals surface area contributed by atoms with Gasteiger partial charge in [0.15, 0.2) is 0 Å². The van der Waals surface area contributed by atoms with Crippen LogP contribution in [0.4, 0.5) is 0 Å². The van der Waals surface area contributed by atoms with Crippen LogP contribution >= 0.6 is 11.6 Å². The largest absolute Gasteiger partial charge is 0.383 e. The highest BCUT2D eigenvalue weighted by Gasteiger charge is 2.29. The first-order chi connectivity index (χ1) is 12.2. The molecule has 1 amide bonds. The topological polar surface area (TPSA) is 54.1 Å². The third-order valence-electron chi connectivity index (χ3n) is 5.33. The van der Waals surface area contributed by atoms with Gasteiger partial charge in [-0.05, 0) is 48.4 Å². The van der Waals surface area contributed by atoms with Crippen molar-refractivity contribution in [1.29, 1.82) is 0 Å². The summed E-state index contributed by atoms with van der Waals surface area (Å²) in [6, 6.07) is 5.93. The van der Waals surface area contributed by atoms with Crippen molar-refractivity contribution in [2.75, 3.05) is 20.3 Å². The number of H-pyrrole nitrogens is 1. The lowest BCUT2D eigenvalue weighted by Gasteiger charge is -2.30. The first-order valence-corrected chi connectivity index (χ1v) is 9.59. The van der Waals surface area contributed by atoms with Gasteiger partial charge in [0.2, 0.25) is 5.91 Å². The van der Waals surface area contributed by atoms with Crippen LogP contribution in [-0.2, 0) is 9.53 Å². The molecule has 0 aliphatic heterocycles. The molecule has 4 nitrogen and oxygen atoms in total. The molecule has 0 bridgehead atoms. The minimum Gasteiger partial charge on any atom is -0.383 e. The molecule has 2 aromatic rings. The van der Waals surface area contributed by atoms with Crippen LogP contribution in [-0.4, -0.2) is 31.2 Å². The molecule has 0 unspecified atom stereocenters. The molecule has 1 saturated carbocycles. The molecule has 1 aromatic heterocycles. The average molecular weight is 363 g/mol. The standard InChI is InChI=1S/C20H27ClN2O2/c1-25-10-9-22-20(24)12-16(14-5-3-2-4-6-14)18-13-23-19-8-7-15(21)11-17(18)19/h7-8,11,13-14,16,23H,2-6,9-10,12H2,1H3,(H,22,24)/t16-/m0/s1. The summed E-state index contributed by atoms with van der Waals surface area (Å²) in [6.07, 6.45) is 8.82. The fraction of sp³-hybridized carbons (Fsp3) is 0.550. The summed E-state index contributed by atoms with van der Waals surface area (Å²) < 4.78 is 5.02. The van der Waals surface area contributed by atoms with E-state index < -0.39 is 0 Å². The van der Waals surface area contributed by atoms with Gasteiger partial charge in [-0.25, -0.2) is 0 Å². The molecular formula is C20H27ClN2O2. The molecule has 0 radical (unpaired) electrons. The van der Waals surface area contributed by atoms with Crippen molar-refractivity contribution in [1.82, 2.24) is 10.3 Å². The lowest BCUT2D eigenvalue weighted by Crippen LogP contribution is -2.30. The van der Waals surface area contributed by atoms with E-state index in [0.717, 1.165) is 15.9 Å². The molecule has 136 valence electrons. The molecule has 1 atom stereocenters. The fourth-order valence-corrected chi connectivity index (χ4v) is 4.22. The maximum atomic E-state index is 12.5. The van der Waals surface area contributed by atoms with Gasteiger partial charge in [-0.1, -0.05) is 30.9 Å². The van der Waals surface area contributed by atoms with Crippen molar-refractivity contribution in [2.24, 2.45) is 5.92 Å². The Balaban J connectivity index is 1.84. The Labute approximate surface area is 154 Å². The summed E-state index contributed by atoms with van der Waals surface area (Å²) >= 11 is 6.22. The van der Waals surface area contributed by atoms with Gasteiger partial charge >= 0.3 is 0 Å². The summed E-state index contributed by atoms with van der Waals surface area (Å²) in [7, 11) is 1.65. The normalized spacial score (nSPS) is 16.9. The molecule has 1 fully saturated rings. The molecular weight excluding hydrogens is 336 g/mol. The van der Waals surface area contributed by atoms with Crippen molar-refractivity contribution in [2.45, 2.75) is 44.4 Å². The number of hydrogen-bond donors (Lipinski definition) is 2. The number of methoxy groups -OCH3 is 1. The van der Waals surface area contributed by atoms with Gasteiger partial charge in [0.05, 0.1) is 6.61 Å². The first kappa shape index (κ1) is 18.3. The lowest BCUT2D eigenvalue weighted by atomic mass is 9.75. The van der Waals surface area contributed by atoms with Crippen LogP contribution in [0.5, 0.6) is 0 Å². The first-order valence-electron chi connectivity index (χ1n) is 9.21. The monoisotopic (exact) mass is 362 g/mol. The number of rotatable bonds is 7. The Hall–Kier alpha value is -1.52. The molecule has 1 aliphatic rings. The summed E-state index contributed by atoms with van der Waals surface area (Å²) in [5.41, 5.74) is 2.31. The van der Waals surface area contributed by atoms with Crippen molar-refractivity contribution < 1.29 is 9.53 Å². The lowest BCUT2D eigenvalue weighted by molar-refractivity contribution is -0.122. The Morgan fingerprint density at radius 1 is 1.36 bits per heavy atom. The summed E-state index contributed by atoms with van der Waals surface area (Å²) in [6.45, 7) is 1.11. The van der Waals surface area contributed by atoms with Gasteiger partial charge in [0.1, 0.15) is 0 Å². The van der Waals surface area contributed by atoms with Crippen LogP contribution in [0.3, 0.4) is 0 Å². The number of ether oxygens (including phenoxy) is 1. The summed E-state index contributed by atoms with van der Waals surface area (Å²) in [4.78, 5) is 15.8. The zero-order chi connectivity index (χ0) is 17.6. The number of carbonyl (C=O) groups is 1. The molecule has 1 aliphatic carbocycles. The van der Waals surface area contributed by atoms with Crippen molar-refractivity contribution in [3.8, 4) is 0 Å². The quantitative estimate of drug-likeness (QED) is 0.705. The SMILES string of the molecule is COCCNC(=O)C[C@H](c1c[nH]c2ccc(Cl)cc12)C1CCCCC1. The number of benzene rings is 1. The van der Waals surface area contributed by atoms with E-state index in [1.54, 1.807) is 7.11 Å². The van der Waals surface area contributed by atoms with E-state index in [2.05, 4.69) is 16.5 Å². The van der Waals surface area contributed by atoms with Gasteiger partial charge in [0.25, 0.3) is 0 Å². The smallest absolute Gasteiger partial charge is 0.220 e. The zero-order valence-corrected chi connectivity index (χ0v) is 15.6. The van der Waals surface area contributed by atoms with Gasteiger partial charge in [-0.2, -0.15) is 0 Å². The third kappa shape index (κ3) is 4.56. The zero-order valence-electron chi connectivity index (χ0n) is 14.8. The molecule has 0 saturated heterocycles. The van der Waals surface area contributed by atoms with Crippen LogP contribution in [0.15, 0.2) is 24.4 Å². The number of aromatic nitrogens is 1. The Morgan fingerprint density at radius 3 is 2.92 bits per heavy atom. The average Bonchev–Trinajstić information content (AvgIpc) is 3.03. The number of halogens is 1. The molecule has 1 heterocycles. The van der Waals surface area contributed by atoms with Gasteiger partial charge < -0.3 is 15.0 Å². The number of aromatic amines is 1. The van der Waals surface area contributed by atoms with Crippen LogP contribution in [0.25, 0.3) is 10.9 Å². The van der Waals surface area contributed by atoms with E-state index in [1.807, 2.05) is 18.2 Å². The number of nitrogens with one attached hydrogen (secondary N) is 2. The maximum absolute atomic E-state index is 12.5. The van der Waals surface area contributed by atoms with E-state index in [4.69, 9.17) is 16.3 Å². The number of carbonyl (C=O) groups excluding carboxylic acids is 1. The van der Waals surface area contributed by atoms with Crippen LogP contribution in [0, 0.1) is 5.92 Å². The van der Waals surface area contributed by atoms with Gasteiger partial charge in [0, 0.05) is 42.2 Å². The van der Waals surface area contributed by atoms with E-state index in [9.17, 15) is 4.79 Å². The number of hydrogen-bond acceptors (Lipinski definition) is 2. The molecule has 5 heteroatoms. The van der Waals surface area contributed by atoms with Crippen LogP contribution < -0.4 is 5.32 Å². The van der Waals surface area contributed by atoms with Crippen LogP contribution in [0.2, 0.25) is 5.02 Å². The van der Waals surface area contributed by atoms with Gasteiger partial charge in [-0.15, -0.1) is 0 Å². The number of amides is 1. The molecule has 0 spiro atoms. The van der Waals surface area contributed by atoms with E-state index in [-0.39, 0.29) is 11.8 Å². The van der Waals surface area contributed by atoms with Gasteiger partial charge in [-0.3, -0.25) is 4.79 Å². The Kier molecular flexibility index (Phi) is 6.38. The van der Waals surface area contributed by atoms with E-state index in [0.29, 0.717) is 25.5 Å². The summed E-state index contributed by atoms with van der Waals surface area (Å²) in [5.74, 6) is 0.888. The Morgan fingerprint density at radius 2 is 2.16 bits per heavy atom. The predicted octanol–water partition coefficient (Wildman–Crippen LogP) is 4.64. The van der Waals surface area contributed by atoms with Crippen molar-refractivity contribution >= 4 is 28.4 Å². The van der Waals surface area contributed by atoms with Crippen LogP contribution in [0.1, 0.15) is 50.0 Å². The maximum Gasteiger partial charge on any atom is 0.220 e. The Bertz CT molecular complexity index is 707. The van der Waals surface area contributed by atoms with E-state index in [1.165, 1.54) is 37.7 Å². The third-order valence-corrected chi connectivity index (χ3v) is 5.56. The second-order valence-electron chi connectivity index (χ2n) is 6.99. The van der Waals surface area contributed by atoms with Crippen molar-refractivity contribution in [3.05, 3.63) is 35.0 Å². The second-order valence-corrected chi connectivity index (χ2v) is 7.42.